The number of sulfonamides is 1. The number of ether oxygens (including phenoxy) is 1. The molecule has 8 nitrogen and oxygen atoms in total. The Morgan fingerprint density at radius 1 is 0.949 bits per heavy atom. The summed E-state index contributed by atoms with van der Waals surface area (Å²) in [6.07, 6.45) is 3.16. The maximum atomic E-state index is 13.5. The van der Waals surface area contributed by atoms with Crippen molar-refractivity contribution >= 4 is 21.6 Å². The van der Waals surface area contributed by atoms with Gasteiger partial charge in [0.25, 0.3) is 5.91 Å². The van der Waals surface area contributed by atoms with Gasteiger partial charge in [-0.2, -0.15) is 0 Å². The van der Waals surface area contributed by atoms with Crippen LogP contribution in [0.3, 0.4) is 0 Å². The molecule has 0 bridgehead atoms. The van der Waals surface area contributed by atoms with Gasteiger partial charge in [-0.1, -0.05) is 48.0 Å². The first-order valence-electron chi connectivity index (χ1n) is 12.3. The van der Waals surface area contributed by atoms with Crippen LogP contribution < -0.4 is 15.6 Å². The quantitative estimate of drug-likeness (QED) is 0.288. The molecule has 0 aliphatic carbocycles. The van der Waals surface area contributed by atoms with Gasteiger partial charge in [-0.05, 0) is 55.8 Å². The number of furan rings is 1. The van der Waals surface area contributed by atoms with E-state index in [0.29, 0.717) is 41.2 Å². The SMILES string of the molecule is CC(C)=C(N)c1cccc(OCCN(Cc2ccoc2)C(=O)c2ccc(-c3ccccc3S(N)(=O)=O)cc2)c1. The molecule has 4 N–H and O–H groups in total. The molecular weight excluding hydrogens is 514 g/mol. The number of amides is 1. The lowest BCUT2D eigenvalue weighted by atomic mass is 10.0. The minimum atomic E-state index is -3.90. The molecular formula is C30H31N3O5S. The van der Waals surface area contributed by atoms with Gasteiger partial charge >= 0.3 is 0 Å². The molecule has 0 atom stereocenters. The van der Waals surface area contributed by atoms with Crippen LogP contribution in [0.2, 0.25) is 0 Å². The van der Waals surface area contributed by atoms with Crippen LogP contribution in [0.4, 0.5) is 0 Å². The average Bonchev–Trinajstić information content (AvgIpc) is 3.45. The fourth-order valence-electron chi connectivity index (χ4n) is 4.10. The Bertz CT molecular complexity index is 1570. The van der Waals surface area contributed by atoms with E-state index in [1.807, 2.05) is 38.1 Å². The molecule has 0 spiro atoms. The Morgan fingerprint density at radius 3 is 2.36 bits per heavy atom. The van der Waals surface area contributed by atoms with Crippen LogP contribution in [0, 0.1) is 0 Å². The minimum absolute atomic E-state index is 0.0261. The Kier molecular flexibility index (Phi) is 8.53. The predicted molar refractivity (Wildman–Crippen MR) is 151 cm³/mol. The van der Waals surface area contributed by atoms with Crippen molar-refractivity contribution in [2.75, 3.05) is 13.2 Å². The molecule has 0 saturated carbocycles. The first-order valence-corrected chi connectivity index (χ1v) is 13.9. The van der Waals surface area contributed by atoms with Crippen LogP contribution in [-0.4, -0.2) is 32.4 Å². The molecule has 1 aromatic heterocycles. The molecule has 0 aliphatic heterocycles. The fourth-order valence-corrected chi connectivity index (χ4v) is 4.86. The molecule has 0 saturated heterocycles. The Morgan fingerprint density at radius 2 is 1.69 bits per heavy atom. The zero-order valence-corrected chi connectivity index (χ0v) is 22.6. The van der Waals surface area contributed by atoms with E-state index in [1.54, 1.807) is 66.0 Å². The summed E-state index contributed by atoms with van der Waals surface area (Å²) in [5.41, 5.74) is 11.2. The Balaban J connectivity index is 1.51. The molecule has 0 unspecified atom stereocenters. The molecule has 0 aliphatic rings. The van der Waals surface area contributed by atoms with Gasteiger partial charge in [-0.15, -0.1) is 0 Å². The van der Waals surface area contributed by atoms with Gasteiger partial charge < -0.3 is 19.8 Å². The summed E-state index contributed by atoms with van der Waals surface area (Å²) in [6.45, 7) is 4.82. The number of carbonyl (C=O) groups is 1. The normalized spacial score (nSPS) is 11.2. The zero-order valence-electron chi connectivity index (χ0n) is 21.8. The number of hydrogen-bond acceptors (Lipinski definition) is 6. The fraction of sp³-hybridized carbons (Fsp3) is 0.167. The number of hydrogen-bond donors (Lipinski definition) is 2. The minimum Gasteiger partial charge on any atom is -0.492 e. The third-order valence-electron chi connectivity index (χ3n) is 6.19. The van der Waals surface area contributed by atoms with Crippen molar-refractivity contribution in [3.05, 3.63) is 114 Å². The van der Waals surface area contributed by atoms with Crippen molar-refractivity contribution in [3.63, 3.8) is 0 Å². The third-order valence-corrected chi connectivity index (χ3v) is 7.16. The highest BCUT2D eigenvalue weighted by Crippen LogP contribution is 2.27. The topological polar surface area (TPSA) is 129 Å². The second kappa shape index (κ2) is 12.0. The van der Waals surface area contributed by atoms with E-state index < -0.39 is 10.0 Å². The number of rotatable bonds is 10. The maximum absolute atomic E-state index is 13.5. The standard InChI is InChI=1S/C30H31N3O5S/c1-21(2)29(31)25-6-5-7-26(18-25)38-17-15-33(19-22-14-16-37-20-22)30(34)24-12-10-23(11-13-24)27-8-3-4-9-28(27)39(32,35)36/h3-14,16,18,20H,15,17,19,31H2,1-2H3,(H2,32,35,36). The Hall–Kier alpha value is -4.34. The van der Waals surface area contributed by atoms with Gasteiger partial charge in [-0.3, -0.25) is 4.79 Å². The number of nitrogens with two attached hydrogens (primary N) is 2. The lowest BCUT2D eigenvalue weighted by Gasteiger charge is -2.23. The number of nitrogens with zero attached hydrogens (tertiary/aromatic N) is 1. The summed E-state index contributed by atoms with van der Waals surface area (Å²) in [6, 6.07) is 22.6. The summed E-state index contributed by atoms with van der Waals surface area (Å²) in [4.78, 5) is 15.2. The molecule has 202 valence electrons. The van der Waals surface area contributed by atoms with Crippen LogP contribution in [0.25, 0.3) is 16.8 Å². The summed E-state index contributed by atoms with van der Waals surface area (Å²) >= 11 is 0. The Labute approximate surface area is 228 Å². The highest BCUT2D eigenvalue weighted by atomic mass is 32.2. The van der Waals surface area contributed by atoms with Crippen molar-refractivity contribution in [3.8, 4) is 16.9 Å². The van der Waals surface area contributed by atoms with Gasteiger partial charge in [0.1, 0.15) is 12.4 Å². The lowest BCUT2D eigenvalue weighted by Crippen LogP contribution is -2.34. The first kappa shape index (κ1) is 27.7. The van der Waals surface area contributed by atoms with Gasteiger partial charge in [0.05, 0.1) is 24.0 Å². The molecule has 1 heterocycles. The van der Waals surface area contributed by atoms with Gasteiger partial charge in [0.2, 0.25) is 10.0 Å². The molecule has 0 fully saturated rings. The van der Waals surface area contributed by atoms with Crippen LogP contribution in [0.1, 0.15) is 35.3 Å². The second-order valence-electron chi connectivity index (χ2n) is 9.27. The summed E-state index contributed by atoms with van der Waals surface area (Å²) in [7, 11) is -3.90. The highest BCUT2D eigenvalue weighted by molar-refractivity contribution is 7.89. The van der Waals surface area contributed by atoms with Crippen molar-refractivity contribution < 1.29 is 22.4 Å². The largest absolute Gasteiger partial charge is 0.492 e. The molecule has 1 amide bonds. The van der Waals surface area contributed by atoms with Gasteiger partial charge in [0, 0.05) is 34.5 Å². The van der Waals surface area contributed by atoms with E-state index in [-0.39, 0.29) is 17.4 Å². The van der Waals surface area contributed by atoms with Gasteiger partial charge in [-0.25, -0.2) is 13.6 Å². The molecule has 4 aromatic rings. The van der Waals surface area contributed by atoms with Crippen molar-refractivity contribution in [2.45, 2.75) is 25.3 Å². The van der Waals surface area contributed by atoms with Crippen LogP contribution >= 0.6 is 0 Å². The number of carbonyl (C=O) groups excluding carboxylic acids is 1. The predicted octanol–water partition coefficient (Wildman–Crippen LogP) is 5.03. The van der Waals surface area contributed by atoms with Crippen LogP contribution in [0.5, 0.6) is 5.75 Å². The molecule has 39 heavy (non-hydrogen) atoms. The zero-order chi connectivity index (χ0) is 28.0. The summed E-state index contributed by atoms with van der Waals surface area (Å²) in [5.74, 6) is 0.457. The first-order chi connectivity index (χ1) is 18.6. The average molecular weight is 546 g/mol. The molecule has 3 aromatic carbocycles. The van der Waals surface area contributed by atoms with Crippen molar-refractivity contribution in [1.82, 2.24) is 4.90 Å². The number of benzene rings is 3. The second-order valence-corrected chi connectivity index (χ2v) is 10.8. The number of allylic oxidation sites excluding steroid dienone is 1. The van der Waals surface area contributed by atoms with E-state index in [0.717, 1.165) is 16.7 Å². The summed E-state index contributed by atoms with van der Waals surface area (Å²) < 4.78 is 35.2. The van der Waals surface area contributed by atoms with Gasteiger partial charge in [0.15, 0.2) is 0 Å². The van der Waals surface area contributed by atoms with E-state index in [4.69, 9.17) is 20.0 Å². The highest BCUT2D eigenvalue weighted by Gasteiger charge is 2.19. The van der Waals surface area contributed by atoms with Crippen LogP contribution in [-0.2, 0) is 16.6 Å². The summed E-state index contributed by atoms with van der Waals surface area (Å²) in [5, 5.41) is 5.39. The van der Waals surface area contributed by atoms with E-state index in [1.165, 1.54) is 6.07 Å². The van der Waals surface area contributed by atoms with E-state index >= 15 is 0 Å². The molecule has 0 radical (unpaired) electrons. The van der Waals surface area contributed by atoms with E-state index in [2.05, 4.69) is 0 Å². The van der Waals surface area contributed by atoms with Crippen molar-refractivity contribution in [2.24, 2.45) is 10.9 Å². The number of primary sulfonamides is 1. The molecule has 9 heteroatoms. The van der Waals surface area contributed by atoms with Crippen LogP contribution in [0.15, 0.2) is 106 Å². The monoisotopic (exact) mass is 545 g/mol. The van der Waals surface area contributed by atoms with Crippen molar-refractivity contribution in [1.29, 1.82) is 0 Å². The van der Waals surface area contributed by atoms with E-state index in [9.17, 15) is 13.2 Å². The smallest absolute Gasteiger partial charge is 0.254 e. The maximum Gasteiger partial charge on any atom is 0.254 e. The molecule has 4 rings (SSSR count). The lowest BCUT2D eigenvalue weighted by molar-refractivity contribution is 0.0716. The third kappa shape index (κ3) is 6.95.